The Bertz CT molecular complexity index is 1180. The molecule has 4 aromatic rings. The third-order valence-corrected chi connectivity index (χ3v) is 4.89. The van der Waals surface area contributed by atoms with Crippen LogP contribution in [0.5, 0.6) is 0 Å². The van der Waals surface area contributed by atoms with E-state index in [1.807, 2.05) is 74.5 Å². The van der Waals surface area contributed by atoms with Crippen LogP contribution in [0.25, 0.3) is 16.8 Å². The van der Waals surface area contributed by atoms with E-state index in [9.17, 15) is 4.79 Å². The van der Waals surface area contributed by atoms with Gasteiger partial charge in [-0.3, -0.25) is 4.79 Å². The molecule has 0 saturated heterocycles. The van der Waals surface area contributed by atoms with Gasteiger partial charge < -0.3 is 11.1 Å². The number of benzene rings is 3. The molecule has 1 aromatic heterocycles. The number of carbonyl (C=O) groups is 1. The first-order valence-corrected chi connectivity index (χ1v) is 9.27. The van der Waals surface area contributed by atoms with Gasteiger partial charge in [-0.15, -0.1) is 5.10 Å². The van der Waals surface area contributed by atoms with Crippen LogP contribution in [0.2, 0.25) is 0 Å². The van der Waals surface area contributed by atoms with E-state index in [0.29, 0.717) is 11.4 Å². The summed E-state index contributed by atoms with van der Waals surface area (Å²) >= 11 is 0. The van der Waals surface area contributed by atoms with Gasteiger partial charge in [0, 0.05) is 0 Å². The van der Waals surface area contributed by atoms with Crippen molar-refractivity contribution in [1.29, 1.82) is 0 Å². The van der Waals surface area contributed by atoms with E-state index in [4.69, 9.17) is 5.73 Å². The maximum atomic E-state index is 12.7. The van der Waals surface area contributed by atoms with E-state index in [1.54, 1.807) is 16.9 Å². The van der Waals surface area contributed by atoms with Crippen molar-refractivity contribution in [3.63, 3.8) is 0 Å². The Labute approximate surface area is 169 Å². The van der Waals surface area contributed by atoms with Crippen molar-refractivity contribution >= 4 is 17.3 Å². The number of nitrogens with two attached hydrogens (primary N) is 1. The molecule has 0 aliphatic carbocycles. The molecule has 0 aliphatic rings. The number of hydrogen-bond donors (Lipinski definition) is 2. The highest BCUT2D eigenvalue weighted by atomic mass is 16.2. The first-order chi connectivity index (χ1) is 14.0. The highest BCUT2D eigenvalue weighted by molar-refractivity contribution is 6.04. The quantitative estimate of drug-likeness (QED) is 0.512. The minimum absolute atomic E-state index is 0.216. The molecule has 144 valence electrons. The largest absolute Gasteiger partial charge is 0.397 e. The summed E-state index contributed by atoms with van der Waals surface area (Å²) in [5.74, 6) is -0.364. The number of nitrogens with zero attached hydrogens (tertiary/aromatic N) is 3. The van der Waals surface area contributed by atoms with Crippen LogP contribution in [0.15, 0.2) is 72.9 Å². The van der Waals surface area contributed by atoms with Gasteiger partial charge in [-0.1, -0.05) is 47.7 Å². The number of hydrogen-bond acceptors (Lipinski definition) is 4. The first kappa shape index (κ1) is 18.4. The zero-order valence-electron chi connectivity index (χ0n) is 16.3. The van der Waals surface area contributed by atoms with E-state index in [-0.39, 0.29) is 11.6 Å². The van der Waals surface area contributed by atoms with Crippen molar-refractivity contribution in [1.82, 2.24) is 15.0 Å². The predicted octanol–water partition coefficient (Wildman–Crippen LogP) is 4.39. The Kier molecular flexibility index (Phi) is 4.83. The fourth-order valence-electron chi connectivity index (χ4n) is 3.02. The molecule has 29 heavy (non-hydrogen) atoms. The molecule has 0 fully saturated rings. The van der Waals surface area contributed by atoms with Crippen LogP contribution in [-0.4, -0.2) is 20.9 Å². The number of carbonyl (C=O) groups excluding carboxylic acids is 1. The second-order valence-electron chi connectivity index (χ2n) is 6.94. The lowest BCUT2D eigenvalue weighted by molar-refractivity contribution is 0.102. The number of nitrogens with one attached hydrogen (secondary N) is 1. The molecule has 3 N–H and O–H groups in total. The molecule has 4 rings (SSSR count). The zero-order chi connectivity index (χ0) is 20.4. The van der Waals surface area contributed by atoms with Crippen LogP contribution in [0, 0.1) is 13.8 Å². The van der Waals surface area contributed by atoms with E-state index < -0.39 is 0 Å². The van der Waals surface area contributed by atoms with Gasteiger partial charge >= 0.3 is 0 Å². The van der Waals surface area contributed by atoms with Crippen molar-refractivity contribution in [2.45, 2.75) is 13.8 Å². The molecule has 0 saturated carbocycles. The lowest BCUT2D eigenvalue weighted by atomic mass is 10.0. The number of aryl methyl sites for hydroxylation is 2. The number of aromatic nitrogens is 3. The molecule has 0 aliphatic heterocycles. The average molecular weight is 383 g/mol. The molecule has 6 heteroatoms. The van der Waals surface area contributed by atoms with Crippen LogP contribution in [0.3, 0.4) is 0 Å². The number of anilines is 2. The van der Waals surface area contributed by atoms with E-state index in [1.165, 1.54) is 5.56 Å². The molecule has 0 unspecified atom stereocenters. The molecule has 0 bridgehead atoms. The lowest BCUT2D eigenvalue weighted by Gasteiger charge is -2.10. The van der Waals surface area contributed by atoms with Crippen LogP contribution in [-0.2, 0) is 0 Å². The van der Waals surface area contributed by atoms with Gasteiger partial charge in [-0.25, -0.2) is 4.68 Å². The highest BCUT2D eigenvalue weighted by Crippen LogP contribution is 2.27. The Morgan fingerprint density at radius 1 is 0.931 bits per heavy atom. The summed E-state index contributed by atoms with van der Waals surface area (Å²) in [5.41, 5.74) is 12.5. The second-order valence-corrected chi connectivity index (χ2v) is 6.94. The predicted molar refractivity (Wildman–Crippen MR) is 115 cm³/mol. The summed E-state index contributed by atoms with van der Waals surface area (Å²) in [7, 11) is 0. The van der Waals surface area contributed by atoms with Gasteiger partial charge in [0.15, 0.2) is 5.69 Å². The van der Waals surface area contributed by atoms with Gasteiger partial charge in [-0.2, -0.15) is 0 Å². The SMILES string of the molecule is Cc1ccc(-n2cc(C(=O)Nc3cc(-c4ccccc4)ccc3N)nn2)cc1C. The standard InChI is InChI=1S/C23H21N5O/c1-15-8-10-19(12-16(15)2)28-14-22(26-27-28)23(29)25-21-13-18(9-11-20(21)24)17-6-4-3-5-7-17/h3-14H,24H2,1-2H3,(H,25,29). The Morgan fingerprint density at radius 3 is 2.48 bits per heavy atom. The van der Waals surface area contributed by atoms with E-state index in [2.05, 4.69) is 15.6 Å². The second kappa shape index (κ2) is 7.59. The molecule has 0 spiro atoms. The third-order valence-electron chi connectivity index (χ3n) is 4.89. The normalized spacial score (nSPS) is 10.7. The fourth-order valence-corrected chi connectivity index (χ4v) is 3.02. The Hall–Kier alpha value is -3.93. The molecule has 1 amide bonds. The van der Waals surface area contributed by atoms with Crippen molar-refractivity contribution in [2.75, 3.05) is 11.1 Å². The Balaban J connectivity index is 1.57. The molecule has 1 heterocycles. The smallest absolute Gasteiger partial charge is 0.277 e. The molecular weight excluding hydrogens is 362 g/mol. The average Bonchev–Trinajstić information content (AvgIpc) is 3.23. The molecule has 6 nitrogen and oxygen atoms in total. The minimum atomic E-state index is -0.364. The van der Waals surface area contributed by atoms with Gasteiger partial charge in [0.2, 0.25) is 0 Å². The van der Waals surface area contributed by atoms with Crippen LogP contribution in [0.4, 0.5) is 11.4 Å². The van der Waals surface area contributed by atoms with Crippen molar-refractivity contribution in [3.8, 4) is 16.8 Å². The van der Waals surface area contributed by atoms with E-state index >= 15 is 0 Å². The number of nitrogen functional groups attached to an aromatic ring is 1. The van der Waals surface area contributed by atoms with Crippen LogP contribution >= 0.6 is 0 Å². The van der Waals surface area contributed by atoms with Crippen molar-refractivity contribution in [3.05, 3.63) is 89.7 Å². The maximum Gasteiger partial charge on any atom is 0.277 e. The summed E-state index contributed by atoms with van der Waals surface area (Å²) in [6, 6.07) is 21.4. The highest BCUT2D eigenvalue weighted by Gasteiger charge is 2.14. The molecule has 0 radical (unpaired) electrons. The lowest BCUT2D eigenvalue weighted by Crippen LogP contribution is -2.13. The number of rotatable bonds is 4. The molecule has 3 aromatic carbocycles. The zero-order valence-corrected chi connectivity index (χ0v) is 16.3. The van der Waals surface area contributed by atoms with Gasteiger partial charge in [0.25, 0.3) is 5.91 Å². The minimum Gasteiger partial charge on any atom is -0.397 e. The summed E-state index contributed by atoms with van der Waals surface area (Å²) in [6.07, 6.45) is 1.61. The van der Waals surface area contributed by atoms with Gasteiger partial charge in [0.05, 0.1) is 23.3 Å². The van der Waals surface area contributed by atoms with Gasteiger partial charge in [0.1, 0.15) is 0 Å². The first-order valence-electron chi connectivity index (χ1n) is 9.27. The Morgan fingerprint density at radius 2 is 1.72 bits per heavy atom. The number of amides is 1. The van der Waals surface area contributed by atoms with Crippen molar-refractivity contribution < 1.29 is 4.79 Å². The van der Waals surface area contributed by atoms with Gasteiger partial charge in [-0.05, 0) is 60.4 Å². The monoisotopic (exact) mass is 383 g/mol. The van der Waals surface area contributed by atoms with Crippen molar-refractivity contribution in [2.24, 2.45) is 0 Å². The van der Waals surface area contributed by atoms with Crippen LogP contribution < -0.4 is 11.1 Å². The fraction of sp³-hybridized carbons (Fsp3) is 0.0870. The molecule has 0 atom stereocenters. The maximum absolute atomic E-state index is 12.7. The third kappa shape index (κ3) is 3.87. The summed E-state index contributed by atoms with van der Waals surface area (Å²) in [5, 5.41) is 10.9. The summed E-state index contributed by atoms with van der Waals surface area (Å²) in [6.45, 7) is 4.08. The van der Waals surface area contributed by atoms with Crippen LogP contribution in [0.1, 0.15) is 21.6 Å². The van der Waals surface area contributed by atoms with E-state index in [0.717, 1.165) is 22.4 Å². The summed E-state index contributed by atoms with van der Waals surface area (Å²) in [4.78, 5) is 12.7. The summed E-state index contributed by atoms with van der Waals surface area (Å²) < 4.78 is 1.59. The molecular formula is C23H21N5O. The topological polar surface area (TPSA) is 85.8 Å².